The Hall–Kier alpha value is -0.670. The lowest BCUT2D eigenvalue weighted by Crippen LogP contribution is -2.05. The van der Waals surface area contributed by atoms with Crippen LogP contribution in [0.15, 0.2) is 17.1 Å². The molecule has 0 aliphatic carbocycles. The largest absolute Gasteiger partial charge is 0.277 e. The van der Waals surface area contributed by atoms with Gasteiger partial charge in [0.05, 0.1) is 17.3 Å². The minimum atomic E-state index is -1.07. The Morgan fingerprint density at radius 3 is 2.88 bits per heavy atom. The van der Waals surface area contributed by atoms with Gasteiger partial charge in [0, 0.05) is 23.1 Å². The van der Waals surface area contributed by atoms with Crippen LogP contribution in [-0.2, 0) is 10.8 Å². The summed E-state index contributed by atoms with van der Waals surface area (Å²) in [7, 11) is -1.07. The highest BCUT2D eigenvalue weighted by molar-refractivity contribution is 8.21. The molecule has 0 aliphatic heterocycles. The molecule has 0 aromatic heterocycles. The Bertz CT molecular complexity index is 323. The highest BCUT2D eigenvalue weighted by Crippen LogP contribution is 2.13. The molecule has 90 valence electrons. The summed E-state index contributed by atoms with van der Waals surface area (Å²) in [4.78, 5) is 4.10. The van der Waals surface area contributed by atoms with Crippen molar-refractivity contribution >= 4 is 27.6 Å². The molecule has 0 aromatic carbocycles. The van der Waals surface area contributed by atoms with Crippen LogP contribution in [-0.4, -0.2) is 33.3 Å². The van der Waals surface area contributed by atoms with Gasteiger partial charge in [0.2, 0.25) is 0 Å². The number of nitriles is 1. The van der Waals surface area contributed by atoms with Crippen molar-refractivity contribution in [3.8, 4) is 6.07 Å². The Kier molecular flexibility index (Phi) is 9.15. The first kappa shape index (κ1) is 15.3. The van der Waals surface area contributed by atoms with Crippen LogP contribution in [0.3, 0.4) is 0 Å². The zero-order valence-corrected chi connectivity index (χ0v) is 10.9. The van der Waals surface area contributed by atoms with Crippen LogP contribution in [0.2, 0.25) is 0 Å². The molecule has 1 atom stereocenters. The molecule has 3 nitrogen and oxygen atoms in total. The molecule has 0 N–H and O–H groups in total. The Balaban J connectivity index is 4.14. The van der Waals surface area contributed by atoms with Crippen molar-refractivity contribution < 1.29 is 8.60 Å². The van der Waals surface area contributed by atoms with Crippen molar-refractivity contribution in [2.45, 2.75) is 13.3 Å². The van der Waals surface area contributed by atoms with Gasteiger partial charge >= 0.3 is 0 Å². The smallest absolute Gasteiger partial charge is 0.108 e. The van der Waals surface area contributed by atoms with E-state index in [1.165, 1.54) is 11.8 Å². The number of thioether (sulfide) groups is 1. The Morgan fingerprint density at radius 1 is 1.69 bits per heavy atom. The Morgan fingerprint density at radius 2 is 2.38 bits per heavy atom. The van der Waals surface area contributed by atoms with Gasteiger partial charge in [-0.15, -0.1) is 0 Å². The highest BCUT2D eigenvalue weighted by Gasteiger charge is 2.07. The second-order valence-corrected chi connectivity index (χ2v) is 5.72. The minimum absolute atomic E-state index is 0.286. The van der Waals surface area contributed by atoms with Crippen LogP contribution in [0.5, 0.6) is 0 Å². The molecule has 1 unspecified atom stereocenters. The van der Waals surface area contributed by atoms with Crippen LogP contribution in [0.25, 0.3) is 0 Å². The van der Waals surface area contributed by atoms with E-state index >= 15 is 0 Å². The molecular formula is C10H15FN2OS2. The van der Waals surface area contributed by atoms with E-state index in [-0.39, 0.29) is 5.57 Å². The van der Waals surface area contributed by atoms with Crippen molar-refractivity contribution in [1.82, 2.24) is 0 Å². The van der Waals surface area contributed by atoms with Gasteiger partial charge in [0.1, 0.15) is 11.1 Å². The molecule has 16 heavy (non-hydrogen) atoms. The molecule has 6 heteroatoms. The van der Waals surface area contributed by atoms with Gasteiger partial charge in [-0.05, 0) is 13.3 Å². The number of nitrogens with zero attached hydrogens (tertiary/aromatic N) is 2. The minimum Gasteiger partial charge on any atom is -0.277 e. The van der Waals surface area contributed by atoms with Gasteiger partial charge < -0.3 is 0 Å². The summed E-state index contributed by atoms with van der Waals surface area (Å²) in [5.41, 5.74) is 0.286. The predicted octanol–water partition coefficient (Wildman–Crippen LogP) is 2.28. The SMILES string of the molecule is C=C(C#N)C(=NCC)SCS(=O)CCCF. The van der Waals surface area contributed by atoms with Crippen molar-refractivity contribution in [2.24, 2.45) is 4.99 Å². The summed E-state index contributed by atoms with van der Waals surface area (Å²) < 4.78 is 23.2. The maximum absolute atomic E-state index is 11.8. The summed E-state index contributed by atoms with van der Waals surface area (Å²) in [6.45, 7) is 5.52. The number of halogens is 1. The standard InChI is InChI=1S/C10H15FN2OS2/c1-3-13-10(9(2)7-12)15-8-16(14)6-4-5-11/h2-6,8H2,1H3. The topological polar surface area (TPSA) is 53.2 Å². The van der Waals surface area contributed by atoms with E-state index in [4.69, 9.17) is 5.26 Å². The number of aliphatic imine (C=N–C) groups is 1. The highest BCUT2D eigenvalue weighted by atomic mass is 32.2. The first-order chi connectivity index (χ1) is 7.65. The second kappa shape index (κ2) is 9.55. The van der Waals surface area contributed by atoms with E-state index < -0.39 is 17.5 Å². The van der Waals surface area contributed by atoms with Crippen LogP contribution in [0.4, 0.5) is 4.39 Å². The average molecular weight is 262 g/mol. The van der Waals surface area contributed by atoms with Crippen LogP contribution in [0, 0.1) is 11.3 Å². The molecule has 0 heterocycles. The van der Waals surface area contributed by atoms with E-state index in [2.05, 4.69) is 11.6 Å². The summed E-state index contributed by atoms with van der Waals surface area (Å²) in [5.74, 6) is 0.349. The fraction of sp³-hybridized carbons (Fsp3) is 0.600. The number of hydrogen-bond donors (Lipinski definition) is 0. The molecule has 0 saturated heterocycles. The van der Waals surface area contributed by atoms with Crippen LogP contribution >= 0.6 is 11.8 Å². The van der Waals surface area contributed by atoms with Crippen molar-refractivity contribution in [3.63, 3.8) is 0 Å². The summed E-state index contributed by atoms with van der Waals surface area (Å²) in [5, 5.41) is 9.53. The molecule has 0 spiro atoms. The third-order valence-electron chi connectivity index (χ3n) is 1.53. The molecule has 0 aromatic rings. The molecule has 0 aliphatic rings. The van der Waals surface area contributed by atoms with Crippen LogP contribution < -0.4 is 0 Å². The number of hydrogen-bond acceptors (Lipinski definition) is 4. The van der Waals surface area contributed by atoms with Crippen molar-refractivity contribution in [3.05, 3.63) is 12.2 Å². The summed E-state index contributed by atoms with van der Waals surface area (Å²) in [6.07, 6.45) is 0.312. The van der Waals surface area contributed by atoms with Crippen LogP contribution in [0.1, 0.15) is 13.3 Å². The lowest BCUT2D eigenvalue weighted by atomic mass is 10.4. The molecule has 0 saturated carbocycles. The normalized spacial score (nSPS) is 13.2. The fourth-order valence-electron chi connectivity index (χ4n) is 0.816. The van der Waals surface area contributed by atoms with Gasteiger partial charge in [0.25, 0.3) is 0 Å². The van der Waals surface area contributed by atoms with Gasteiger partial charge in [-0.2, -0.15) is 5.26 Å². The Labute approximate surface area is 102 Å². The summed E-state index contributed by atoms with van der Waals surface area (Å²) in [6, 6.07) is 1.91. The molecule has 0 amide bonds. The summed E-state index contributed by atoms with van der Waals surface area (Å²) >= 11 is 1.24. The number of alkyl halides is 1. The first-order valence-corrected chi connectivity index (χ1v) is 7.30. The molecule has 0 bridgehead atoms. The lowest BCUT2D eigenvalue weighted by molar-refractivity contribution is 0.488. The van der Waals surface area contributed by atoms with Gasteiger partial charge in [-0.25, -0.2) is 0 Å². The molecule has 0 radical (unpaired) electrons. The predicted molar refractivity (Wildman–Crippen MR) is 68.8 cm³/mol. The van der Waals surface area contributed by atoms with E-state index in [1.807, 2.05) is 13.0 Å². The molecule has 0 fully saturated rings. The fourth-order valence-corrected chi connectivity index (χ4v) is 3.13. The molecular weight excluding hydrogens is 247 g/mol. The average Bonchev–Trinajstić information content (AvgIpc) is 2.30. The zero-order valence-electron chi connectivity index (χ0n) is 9.24. The second-order valence-electron chi connectivity index (χ2n) is 2.82. The monoisotopic (exact) mass is 262 g/mol. The first-order valence-electron chi connectivity index (χ1n) is 4.83. The van der Waals surface area contributed by atoms with Gasteiger partial charge in [-0.1, -0.05) is 18.3 Å². The maximum Gasteiger partial charge on any atom is 0.108 e. The third-order valence-corrected chi connectivity index (χ3v) is 4.44. The van der Waals surface area contributed by atoms with Gasteiger partial charge in [0.15, 0.2) is 0 Å². The molecule has 0 rings (SSSR count). The van der Waals surface area contributed by atoms with Crippen molar-refractivity contribution in [1.29, 1.82) is 5.26 Å². The maximum atomic E-state index is 11.8. The zero-order chi connectivity index (χ0) is 12.4. The van der Waals surface area contributed by atoms with E-state index in [1.54, 1.807) is 0 Å². The third kappa shape index (κ3) is 6.75. The van der Waals surface area contributed by atoms with E-state index in [0.29, 0.717) is 28.8 Å². The van der Waals surface area contributed by atoms with Gasteiger partial charge in [-0.3, -0.25) is 13.6 Å². The number of rotatable bonds is 7. The quantitative estimate of drug-likeness (QED) is 0.402. The van der Waals surface area contributed by atoms with E-state index in [0.717, 1.165) is 0 Å². The lowest BCUT2D eigenvalue weighted by Gasteiger charge is -2.03. The van der Waals surface area contributed by atoms with Crippen molar-refractivity contribution in [2.75, 3.05) is 24.1 Å². The van der Waals surface area contributed by atoms with E-state index in [9.17, 15) is 8.60 Å².